The van der Waals surface area contributed by atoms with E-state index in [-0.39, 0.29) is 43.0 Å². The van der Waals surface area contributed by atoms with Crippen molar-refractivity contribution in [2.45, 2.75) is 56.8 Å². The van der Waals surface area contributed by atoms with Crippen LogP contribution in [0.15, 0.2) is 53.3 Å². The van der Waals surface area contributed by atoms with Crippen LogP contribution in [0, 0.1) is 0 Å². The Kier molecular flexibility index (Phi) is 7.20. The maximum absolute atomic E-state index is 13.0. The van der Waals surface area contributed by atoms with Gasteiger partial charge in [-0.05, 0) is 55.5 Å². The Labute approximate surface area is 200 Å². The van der Waals surface area contributed by atoms with Gasteiger partial charge in [0.05, 0.1) is 16.6 Å². The van der Waals surface area contributed by atoms with Crippen LogP contribution < -0.4 is 5.56 Å². The lowest BCUT2D eigenvalue weighted by atomic mass is 9.83. The Bertz CT molecular complexity index is 1250. The molecule has 0 radical (unpaired) electrons. The van der Waals surface area contributed by atoms with Crippen molar-refractivity contribution >= 4 is 16.8 Å². The molecule has 2 aromatic carbocycles. The minimum Gasteiger partial charge on any atom is -0.385 e. The van der Waals surface area contributed by atoms with Crippen molar-refractivity contribution in [2.24, 2.45) is 0 Å². The van der Waals surface area contributed by atoms with E-state index in [9.17, 15) is 27.9 Å². The zero-order chi connectivity index (χ0) is 25.1. The first-order chi connectivity index (χ1) is 16.7. The molecule has 1 fully saturated rings. The van der Waals surface area contributed by atoms with Crippen LogP contribution in [0.2, 0.25) is 0 Å². The van der Waals surface area contributed by atoms with E-state index in [1.54, 1.807) is 29.2 Å². The second-order valence-corrected chi connectivity index (χ2v) is 8.94. The van der Waals surface area contributed by atoms with Gasteiger partial charge in [-0.15, -0.1) is 5.10 Å². The van der Waals surface area contributed by atoms with Crippen molar-refractivity contribution in [3.63, 3.8) is 0 Å². The number of carbonyl (C=O) groups excluding carboxylic acids is 1. The van der Waals surface area contributed by atoms with Crippen LogP contribution in [0.4, 0.5) is 13.2 Å². The third kappa shape index (κ3) is 5.70. The molecular weight excluding hydrogens is 461 g/mol. The van der Waals surface area contributed by atoms with Gasteiger partial charge < -0.3 is 10.0 Å². The highest BCUT2D eigenvalue weighted by molar-refractivity contribution is 5.76. The molecule has 7 nitrogen and oxygen atoms in total. The van der Waals surface area contributed by atoms with E-state index in [2.05, 4.69) is 10.3 Å². The summed E-state index contributed by atoms with van der Waals surface area (Å²) >= 11 is 0. The van der Waals surface area contributed by atoms with Gasteiger partial charge in [-0.3, -0.25) is 9.59 Å². The van der Waals surface area contributed by atoms with E-state index >= 15 is 0 Å². The fourth-order valence-corrected chi connectivity index (χ4v) is 4.44. The number of alkyl halides is 3. The summed E-state index contributed by atoms with van der Waals surface area (Å²) in [6, 6.07) is 11.8. The summed E-state index contributed by atoms with van der Waals surface area (Å²) in [5.41, 5.74) is -1.58. The second kappa shape index (κ2) is 10.2. The van der Waals surface area contributed by atoms with E-state index in [0.717, 1.165) is 18.6 Å². The molecule has 0 saturated carbocycles. The normalized spacial score (nSPS) is 15.9. The van der Waals surface area contributed by atoms with Crippen LogP contribution >= 0.6 is 0 Å². The van der Waals surface area contributed by atoms with E-state index < -0.39 is 17.3 Å². The molecule has 1 saturated heterocycles. The molecule has 0 bridgehead atoms. The molecule has 2 heterocycles. The lowest BCUT2D eigenvalue weighted by Crippen LogP contribution is -2.45. The summed E-state index contributed by atoms with van der Waals surface area (Å²) in [5.74, 6) is -0.0428. The molecule has 0 atom stereocenters. The molecule has 1 aromatic heterocycles. The number of halogens is 3. The summed E-state index contributed by atoms with van der Waals surface area (Å²) in [4.78, 5) is 26.7. The molecule has 3 aromatic rings. The number of piperidine rings is 1. The number of carbonyl (C=O) groups is 1. The quantitative estimate of drug-likeness (QED) is 0.510. The topological polar surface area (TPSA) is 88.3 Å². The third-order valence-electron chi connectivity index (χ3n) is 6.56. The summed E-state index contributed by atoms with van der Waals surface area (Å²) < 4.78 is 40.4. The van der Waals surface area contributed by atoms with Crippen molar-refractivity contribution in [1.29, 1.82) is 0 Å². The van der Waals surface area contributed by atoms with Crippen LogP contribution in [-0.2, 0) is 23.1 Å². The Hall–Kier alpha value is -3.27. The number of rotatable bonds is 7. The van der Waals surface area contributed by atoms with Crippen molar-refractivity contribution in [3.8, 4) is 0 Å². The van der Waals surface area contributed by atoms with Gasteiger partial charge in [-0.1, -0.05) is 35.9 Å². The van der Waals surface area contributed by atoms with Crippen LogP contribution in [0.25, 0.3) is 10.9 Å². The average molecular weight is 489 g/mol. The largest absolute Gasteiger partial charge is 0.416 e. The van der Waals surface area contributed by atoms with Crippen LogP contribution in [0.3, 0.4) is 0 Å². The van der Waals surface area contributed by atoms with Crippen LogP contribution in [0.1, 0.15) is 49.7 Å². The summed E-state index contributed by atoms with van der Waals surface area (Å²) in [5, 5.41) is 19.5. The summed E-state index contributed by atoms with van der Waals surface area (Å²) in [6.45, 7) is 0.986. The van der Waals surface area contributed by atoms with Gasteiger partial charge in [0.25, 0.3) is 5.56 Å². The maximum Gasteiger partial charge on any atom is 0.416 e. The number of aliphatic hydroxyl groups is 1. The minimum atomic E-state index is -4.47. The first kappa shape index (κ1) is 24.8. The SMILES string of the molecule is O=C(CCCCCn1nnc2ccccc2c1=O)N1CCC(O)(c2cccc(C(F)(F)F)c2)CC1. The first-order valence-electron chi connectivity index (χ1n) is 11.7. The molecule has 186 valence electrons. The zero-order valence-corrected chi connectivity index (χ0v) is 19.2. The maximum atomic E-state index is 13.0. The van der Waals surface area contributed by atoms with E-state index in [1.165, 1.54) is 16.8 Å². The van der Waals surface area contributed by atoms with Gasteiger partial charge in [-0.2, -0.15) is 13.2 Å². The monoisotopic (exact) mass is 488 g/mol. The predicted octanol–water partition coefficient (Wildman–Crippen LogP) is 3.88. The second-order valence-electron chi connectivity index (χ2n) is 8.94. The Morgan fingerprint density at radius 3 is 2.51 bits per heavy atom. The highest BCUT2D eigenvalue weighted by Crippen LogP contribution is 2.36. The van der Waals surface area contributed by atoms with Crippen molar-refractivity contribution in [1.82, 2.24) is 19.9 Å². The van der Waals surface area contributed by atoms with Gasteiger partial charge in [0.1, 0.15) is 5.52 Å². The fraction of sp³-hybridized carbons (Fsp3) is 0.440. The summed E-state index contributed by atoms with van der Waals surface area (Å²) in [6.07, 6.45) is -1.72. The number of likely N-dealkylation sites (tertiary alicyclic amines) is 1. The van der Waals surface area contributed by atoms with Gasteiger partial charge in [-0.25, -0.2) is 4.68 Å². The average Bonchev–Trinajstić information content (AvgIpc) is 2.85. The minimum absolute atomic E-state index is 0.0428. The number of hydrogen-bond donors (Lipinski definition) is 1. The van der Waals surface area contributed by atoms with Gasteiger partial charge >= 0.3 is 6.18 Å². The predicted molar refractivity (Wildman–Crippen MR) is 123 cm³/mol. The van der Waals surface area contributed by atoms with E-state index in [1.807, 2.05) is 0 Å². The number of aromatic nitrogens is 3. The van der Waals surface area contributed by atoms with E-state index in [0.29, 0.717) is 36.7 Å². The smallest absolute Gasteiger partial charge is 0.385 e. The molecule has 1 aliphatic heterocycles. The van der Waals surface area contributed by atoms with Gasteiger partial charge in [0, 0.05) is 26.1 Å². The van der Waals surface area contributed by atoms with Crippen molar-refractivity contribution in [3.05, 3.63) is 70.0 Å². The number of aryl methyl sites for hydroxylation is 1. The van der Waals surface area contributed by atoms with Gasteiger partial charge in [0.15, 0.2) is 0 Å². The number of fused-ring (bicyclic) bond motifs is 1. The van der Waals surface area contributed by atoms with Crippen molar-refractivity contribution < 1.29 is 23.1 Å². The molecule has 4 rings (SSSR count). The Balaban J connectivity index is 1.23. The van der Waals surface area contributed by atoms with Crippen LogP contribution in [0.5, 0.6) is 0 Å². The van der Waals surface area contributed by atoms with Crippen LogP contribution in [-0.4, -0.2) is 44.0 Å². The van der Waals surface area contributed by atoms with E-state index in [4.69, 9.17) is 0 Å². The zero-order valence-electron chi connectivity index (χ0n) is 19.2. The number of amides is 1. The Morgan fingerprint density at radius 2 is 1.77 bits per heavy atom. The standard InChI is InChI=1S/C25H27F3N4O3/c26-25(27,28)19-8-6-7-18(17-19)24(35)12-15-31(16-13-24)22(33)11-2-1-5-14-32-23(34)20-9-3-4-10-21(20)29-30-32/h3-4,6-10,17,35H,1-2,5,11-16H2. The number of benzene rings is 2. The number of nitrogens with zero attached hydrogens (tertiary/aromatic N) is 4. The molecule has 0 spiro atoms. The lowest BCUT2D eigenvalue weighted by Gasteiger charge is -2.38. The number of hydrogen-bond acceptors (Lipinski definition) is 5. The third-order valence-corrected chi connectivity index (χ3v) is 6.56. The highest BCUT2D eigenvalue weighted by atomic mass is 19.4. The molecule has 0 unspecified atom stereocenters. The highest BCUT2D eigenvalue weighted by Gasteiger charge is 2.37. The summed E-state index contributed by atoms with van der Waals surface area (Å²) in [7, 11) is 0. The van der Waals surface area contributed by atoms with Crippen molar-refractivity contribution in [2.75, 3.05) is 13.1 Å². The molecule has 35 heavy (non-hydrogen) atoms. The molecule has 10 heteroatoms. The fourth-order valence-electron chi connectivity index (χ4n) is 4.44. The van der Waals surface area contributed by atoms with Gasteiger partial charge in [0.2, 0.25) is 5.91 Å². The molecule has 1 amide bonds. The first-order valence-corrected chi connectivity index (χ1v) is 11.7. The lowest BCUT2D eigenvalue weighted by molar-refractivity contribution is -0.137. The molecule has 0 aliphatic carbocycles. The molecule has 1 N–H and O–H groups in total. The molecule has 1 aliphatic rings. The Morgan fingerprint density at radius 1 is 1.03 bits per heavy atom. The molecular formula is C25H27F3N4O3. The number of unbranched alkanes of at least 4 members (excludes halogenated alkanes) is 2.